The monoisotopic (exact) mass is 270 g/mol. The van der Waals surface area contributed by atoms with Gasteiger partial charge in [0.2, 0.25) is 0 Å². The molecule has 96 valence electrons. The summed E-state index contributed by atoms with van der Waals surface area (Å²) >= 11 is 4.74. The van der Waals surface area contributed by atoms with Crippen molar-refractivity contribution >= 4 is 29.2 Å². The average molecular weight is 270 g/mol. The minimum atomic E-state index is -0.766. The van der Waals surface area contributed by atoms with Crippen molar-refractivity contribution < 1.29 is 15.1 Å². The van der Waals surface area contributed by atoms with Crippen molar-refractivity contribution in [2.24, 2.45) is 5.10 Å². The van der Waals surface area contributed by atoms with Crippen molar-refractivity contribution in [3.05, 3.63) is 27.8 Å². The number of hydrogen-bond donors (Lipinski definition) is 4. The fourth-order valence-electron chi connectivity index (χ4n) is 1.05. The summed E-state index contributed by atoms with van der Waals surface area (Å²) in [5, 5.41) is 35.8. The summed E-state index contributed by atoms with van der Waals surface area (Å²) in [6, 6.07) is 1.87. The second-order valence-electron chi connectivity index (χ2n) is 3.11. The number of hydrazone groups is 1. The molecule has 0 saturated carbocycles. The standard InChI is InChI=1S/C9H10N4O4S/c1-10-9(18)12-11-4-5-2-6(13(16)17)8(15)3-7(5)14/h2-4,14-15H,1H3,(H2,10,12,18)/b11-4-. The number of phenols is 2. The van der Waals surface area contributed by atoms with E-state index in [0.29, 0.717) is 0 Å². The van der Waals surface area contributed by atoms with Gasteiger partial charge in [0.25, 0.3) is 0 Å². The van der Waals surface area contributed by atoms with Crippen LogP contribution in [-0.2, 0) is 0 Å². The molecule has 0 aromatic heterocycles. The van der Waals surface area contributed by atoms with Gasteiger partial charge in [-0.2, -0.15) is 5.10 Å². The minimum absolute atomic E-state index is 0.0749. The normalized spacial score (nSPS) is 10.3. The zero-order chi connectivity index (χ0) is 13.7. The van der Waals surface area contributed by atoms with Gasteiger partial charge in [-0.1, -0.05) is 0 Å². The molecule has 18 heavy (non-hydrogen) atoms. The Morgan fingerprint density at radius 1 is 1.50 bits per heavy atom. The van der Waals surface area contributed by atoms with Crippen LogP contribution in [-0.4, -0.2) is 33.5 Å². The molecule has 0 bridgehead atoms. The summed E-state index contributed by atoms with van der Waals surface area (Å²) in [4.78, 5) is 9.82. The van der Waals surface area contributed by atoms with E-state index in [2.05, 4.69) is 15.8 Å². The number of hydrogen-bond acceptors (Lipinski definition) is 6. The zero-order valence-electron chi connectivity index (χ0n) is 9.25. The van der Waals surface area contributed by atoms with Crippen molar-refractivity contribution in [1.29, 1.82) is 0 Å². The Labute approximate surface area is 107 Å². The van der Waals surface area contributed by atoms with Gasteiger partial charge < -0.3 is 15.5 Å². The smallest absolute Gasteiger partial charge is 0.311 e. The lowest BCUT2D eigenvalue weighted by Gasteiger charge is -2.02. The first-order valence-corrected chi connectivity index (χ1v) is 5.07. The van der Waals surface area contributed by atoms with Crippen molar-refractivity contribution in [2.45, 2.75) is 0 Å². The van der Waals surface area contributed by atoms with E-state index in [4.69, 9.17) is 12.2 Å². The summed E-state index contributed by atoms with van der Waals surface area (Å²) in [6.07, 6.45) is 1.14. The number of rotatable bonds is 3. The molecule has 0 aliphatic rings. The number of nitro benzene ring substituents is 1. The summed E-state index contributed by atoms with van der Waals surface area (Å²) < 4.78 is 0. The van der Waals surface area contributed by atoms with Crippen LogP contribution in [0.4, 0.5) is 5.69 Å². The van der Waals surface area contributed by atoms with Crippen molar-refractivity contribution in [1.82, 2.24) is 10.7 Å². The molecule has 0 spiro atoms. The summed E-state index contributed by atoms with van der Waals surface area (Å²) in [5.74, 6) is -0.951. The highest BCUT2D eigenvalue weighted by Crippen LogP contribution is 2.31. The molecule has 0 aliphatic carbocycles. The van der Waals surface area contributed by atoms with Crippen LogP contribution in [0.2, 0.25) is 0 Å². The summed E-state index contributed by atoms with van der Waals surface area (Å²) in [5.41, 5.74) is 1.97. The Bertz CT molecular complexity index is 518. The Hall–Kier alpha value is -2.42. The number of nitrogens with zero attached hydrogens (tertiary/aromatic N) is 2. The van der Waals surface area contributed by atoms with E-state index in [1.165, 1.54) is 0 Å². The highest BCUT2D eigenvalue weighted by Gasteiger charge is 2.16. The second-order valence-corrected chi connectivity index (χ2v) is 3.51. The SMILES string of the molecule is CNC(=S)N/N=C\c1cc([N+](=O)[O-])c(O)cc1O. The van der Waals surface area contributed by atoms with Crippen molar-refractivity contribution in [2.75, 3.05) is 7.05 Å². The second kappa shape index (κ2) is 5.77. The molecule has 0 amide bonds. The van der Waals surface area contributed by atoms with Gasteiger partial charge in [0.1, 0.15) is 5.75 Å². The minimum Gasteiger partial charge on any atom is -0.507 e. The van der Waals surface area contributed by atoms with Gasteiger partial charge in [0.15, 0.2) is 10.9 Å². The van der Waals surface area contributed by atoms with Gasteiger partial charge in [-0.05, 0) is 12.2 Å². The van der Waals surface area contributed by atoms with Gasteiger partial charge in [0.05, 0.1) is 11.1 Å². The van der Waals surface area contributed by atoms with Crippen LogP contribution >= 0.6 is 12.2 Å². The van der Waals surface area contributed by atoms with Gasteiger partial charge >= 0.3 is 5.69 Å². The first-order valence-electron chi connectivity index (χ1n) is 4.67. The van der Waals surface area contributed by atoms with E-state index >= 15 is 0 Å². The molecule has 0 radical (unpaired) electrons. The number of aromatic hydroxyl groups is 2. The van der Waals surface area contributed by atoms with Gasteiger partial charge in [0, 0.05) is 24.7 Å². The van der Waals surface area contributed by atoms with E-state index in [0.717, 1.165) is 18.3 Å². The predicted octanol–water partition coefficient (Wildman–Crippen LogP) is 0.434. The van der Waals surface area contributed by atoms with Gasteiger partial charge in [-0.25, -0.2) is 0 Å². The highest BCUT2D eigenvalue weighted by molar-refractivity contribution is 7.80. The number of nitrogens with one attached hydrogen (secondary N) is 2. The third-order valence-corrected chi connectivity index (χ3v) is 2.21. The lowest BCUT2D eigenvalue weighted by Crippen LogP contribution is -2.28. The highest BCUT2D eigenvalue weighted by atomic mass is 32.1. The van der Waals surface area contributed by atoms with E-state index in [-0.39, 0.29) is 16.4 Å². The molecule has 1 aromatic carbocycles. The molecule has 1 aromatic rings. The molecular weight excluding hydrogens is 260 g/mol. The Balaban J connectivity index is 2.99. The fourth-order valence-corrected chi connectivity index (χ4v) is 1.10. The predicted molar refractivity (Wildman–Crippen MR) is 68.8 cm³/mol. The van der Waals surface area contributed by atoms with Gasteiger partial charge in [-0.15, -0.1) is 0 Å². The van der Waals surface area contributed by atoms with Crippen molar-refractivity contribution in [3.63, 3.8) is 0 Å². The maximum absolute atomic E-state index is 10.6. The van der Waals surface area contributed by atoms with Crippen LogP contribution in [0.15, 0.2) is 17.2 Å². The third kappa shape index (κ3) is 3.28. The fraction of sp³-hybridized carbons (Fsp3) is 0.111. The molecule has 0 saturated heterocycles. The molecule has 0 aliphatic heterocycles. The number of benzene rings is 1. The molecule has 0 heterocycles. The van der Waals surface area contributed by atoms with Crippen LogP contribution in [0.3, 0.4) is 0 Å². The molecular formula is C9H10N4O4S. The van der Waals surface area contributed by atoms with Crippen LogP contribution in [0.5, 0.6) is 11.5 Å². The largest absolute Gasteiger partial charge is 0.507 e. The lowest BCUT2D eigenvalue weighted by atomic mass is 10.2. The Kier molecular flexibility index (Phi) is 4.38. The summed E-state index contributed by atoms with van der Waals surface area (Å²) in [6.45, 7) is 0. The molecule has 0 unspecified atom stereocenters. The van der Waals surface area contributed by atoms with Crippen LogP contribution in [0.1, 0.15) is 5.56 Å². The number of nitro groups is 1. The Morgan fingerprint density at radius 3 is 2.72 bits per heavy atom. The molecule has 1 rings (SSSR count). The first kappa shape index (κ1) is 13.6. The maximum Gasteiger partial charge on any atom is 0.311 e. The average Bonchev–Trinajstić information content (AvgIpc) is 2.31. The first-order chi connectivity index (χ1) is 8.45. The van der Waals surface area contributed by atoms with E-state index < -0.39 is 16.4 Å². The third-order valence-electron chi connectivity index (χ3n) is 1.92. The van der Waals surface area contributed by atoms with E-state index in [1.54, 1.807) is 7.05 Å². The van der Waals surface area contributed by atoms with Crippen molar-refractivity contribution in [3.8, 4) is 11.5 Å². The van der Waals surface area contributed by atoms with Crippen LogP contribution in [0, 0.1) is 10.1 Å². The topological polar surface area (TPSA) is 120 Å². The van der Waals surface area contributed by atoms with E-state index in [9.17, 15) is 20.3 Å². The maximum atomic E-state index is 10.6. The zero-order valence-corrected chi connectivity index (χ0v) is 10.1. The van der Waals surface area contributed by atoms with Gasteiger partial charge in [-0.3, -0.25) is 15.5 Å². The lowest BCUT2D eigenvalue weighted by molar-refractivity contribution is -0.385. The Morgan fingerprint density at radius 2 is 2.17 bits per heavy atom. The molecule has 0 atom stereocenters. The number of thiocarbonyl (C=S) groups is 1. The molecule has 8 nitrogen and oxygen atoms in total. The molecule has 9 heteroatoms. The summed E-state index contributed by atoms with van der Waals surface area (Å²) in [7, 11) is 1.59. The quantitative estimate of drug-likeness (QED) is 0.272. The van der Waals surface area contributed by atoms with E-state index in [1.807, 2.05) is 0 Å². The number of phenolic OH excluding ortho intramolecular Hbond substituents is 2. The van der Waals surface area contributed by atoms with Crippen LogP contribution < -0.4 is 10.7 Å². The molecule has 4 N–H and O–H groups in total. The van der Waals surface area contributed by atoms with Crippen LogP contribution in [0.25, 0.3) is 0 Å². The molecule has 0 fully saturated rings.